The third-order valence-corrected chi connectivity index (χ3v) is 6.63. The van der Waals surface area contributed by atoms with E-state index in [0.717, 1.165) is 15.8 Å². The number of hydrogen-bond donors (Lipinski definition) is 0. The zero-order valence-electron chi connectivity index (χ0n) is 16.8. The van der Waals surface area contributed by atoms with Gasteiger partial charge in [0.2, 0.25) is 11.8 Å². The second-order valence-electron chi connectivity index (χ2n) is 7.99. The van der Waals surface area contributed by atoms with Crippen LogP contribution in [0.3, 0.4) is 0 Å². The molecule has 0 bridgehead atoms. The quantitative estimate of drug-likeness (QED) is 0.355. The van der Waals surface area contributed by atoms with E-state index in [9.17, 15) is 19.2 Å². The molecule has 3 unspecified atom stereocenters. The molecule has 3 atom stereocenters. The summed E-state index contributed by atoms with van der Waals surface area (Å²) < 4.78 is 5.88. The molecule has 0 radical (unpaired) electrons. The van der Waals surface area contributed by atoms with Crippen molar-refractivity contribution in [3.8, 4) is 0 Å². The van der Waals surface area contributed by atoms with Crippen molar-refractivity contribution < 1.29 is 23.9 Å². The molecule has 4 rings (SSSR count). The maximum atomic E-state index is 12.9. The molecule has 7 heteroatoms. The Hall–Kier alpha value is -2.80. The summed E-state index contributed by atoms with van der Waals surface area (Å²) >= 11 is 3.29. The maximum absolute atomic E-state index is 12.9. The number of esters is 1. The number of Topliss-reactive ketones (excluding diaryl/α,β-unsaturated/α-hetero) is 1. The lowest BCUT2D eigenvalue weighted by molar-refractivity contribution is -0.152. The molecule has 1 heterocycles. The van der Waals surface area contributed by atoms with Crippen molar-refractivity contribution in [1.29, 1.82) is 0 Å². The predicted octanol–water partition coefficient (Wildman–Crippen LogP) is 3.74. The molecule has 160 valence electrons. The van der Waals surface area contributed by atoms with Crippen LogP contribution in [0.25, 0.3) is 0 Å². The van der Waals surface area contributed by atoms with E-state index in [1.54, 1.807) is 24.3 Å². The summed E-state index contributed by atoms with van der Waals surface area (Å²) in [5, 5.41) is 0. The summed E-state index contributed by atoms with van der Waals surface area (Å²) in [6.45, 7) is -0.881. The van der Waals surface area contributed by atoms with Crippen molar-refractivity contribution in [3.63, 3.8) is 0 Å². The Labute approximate surface area is 188 Å². The number of ether oxygens (including phenoxy) is 1. The summed E-state index contributed by atoms with van der Waals surface area (Å²) in [5.74, 6) is -2.27. The van der Waals surface area contributed by atoms with Gasteiger partial charge in [0.05, 0.1) is 11.8 Å². The Morgan fingerprint density at radius 3 is 2.32 bits per heavy atom. The van der Waals surface area contributed by atoms with Crippen molar-refractivity contribution in [2.24, 2.45) is 11.8 Å². The van der Waals surface area contributed by atoms with Gasteiger partial charge in [-0.15, -0.1) is 0 Å². The lowest BCUT2D eigenvalue weighted by Crippen LogP contribution is -2.37. The number of nitrogens with zero attached hydrogens (tertiary/aromatic N) is 1. The molecule has 1 aliphatic heterocycles. The number of likely N-dealkylation sites (tertiary alicyclic amines) is 1. The van der Waals surface area contributed by atoms with E-state index in [1.165, 1.54) is 5.56 Å². The number of hydrogen-bond acceptors (Lipinski definition) is 5. The van der Waals surface area contributed by atoms with Gasteiger partial charge in [-0.3, -0.25) is 24.1 Å². The fourth-order valence-corrected chi connectivity index (χ4v) is 4.74. The zero-order valence-corrected chi connectivity index (χ0v) is 18.4. The van der Waals surface area contributed by atoms with Crippen LogP contribution in [-0.4, -0.2) is 41.6 Å². The number of amides is 2. The van der Waals surface area contributed by atoms with E-state index in [-0.39, 0.29) is 29.4 Å². The number of ketones is 1. The summed E-state index contributed by atoms with van der Waals surface area (Å²) in [4.78, 5) is 51.0. The van der Waals surface area contributed by atoms with Gasteiger partial charge in [-0.05, 0) is 42.9 Å². The maximum Gasteiger partial charge on any atom is 0.326 e. The third-order valence-electron chi connectivity index (χ3n) is 6.11. The predicted molar refractivity (Wildman–Crippen MR) is 116 cm³/mol. The fourth-order valence-electron chi connectivity index (χ4n) is 4.47. The first-order valence-electron chi connectivity index (χ1n) is 10.3. The number of imide groups is 1. The van der Waals surface area contributed by atoms with Gasteiger partial charge >= 0.3 is 5.97 Å². The van der Waals surface area contributed by atoms with Crippen LogP contribution >= 0.6 is 15.9 Å². The Kier molecular flexibility index (Phi) is 6.32. The molecule has 2 aromatic rings. The zero-order chi connectivity index (χ0) is 22.0. The normalized spacial score (nSPS) is 22.9. The van der Waals surface area contributed by atoms with Crippen molar-refractivity contribution in [2.75, 3.05) is 13.2 Å². The Balaban J connectivity index is 1.34. The molecule has 2 amide bonds. The molecule has 2 fully saturated rings. The minimum Gasteiger partial charge on any atom is -0.456 e. The van der Waals surface area contributed by atoms with Crippen LogP contribution in [0.4, 0.5) is 0 Å². The van der Waals surface area contributed by atoms with Gasteiger partial charge in [-0.1, -0.05) is 58.4 Å². The third kappa shape index (κ3) is 4.61. The largest absolute Gasteiger partial charge is 0.456 e. The lowest BCUT2D eigenvalue weighted by atomic mass is 9.73. The molecule has 6 nitrogen and oxygen atoms in total. The highest BCUT2D eigenvalue weighted by molar-refractivity contribution is 9.10. The minimum atomic E-state index is -0.759. The number of halogens is 1. The van der Waals surface area contributed by atoms with Crippen LogP contribution in [0.15, 0.2) is 59.1 Å². The van der Waals surface area contributed by atoms with Crippen LogP contribution < -0.4 is 0 Å². The number of rotatable bonds is 6. The highest BCUT2D eigenvalue weighted by Crippen LogP contribution is 2.44. The van der Waals surface area contributed by atoms with E-state index in [4.69, 9.17) is 4.74 Å². The first-order valence-corrected chi connectivity index (χ1v) is 11.1. The molecule has 0 N–H and O–H groups in total. The van der Waals surface area contributed by atoms with Crippen LogP contribution in [0.2, 0.25) is 0 Å². The van der Waals surface area contributed by atoms with E-state index in [2.05, 4.69) is 15.9 Å². The van der Waals surface area contributed by atoms with Gasteiger partial charge in [0.15, 0.2) is 12.4 Å². The Bertz CT molecular complexity index is 1000. The summed E-state index contributed by atoms with van der Waals surface area (Å²) in [7, 11) is 0. The second kappa shape index (κ2) is 9.14. The molecule has 1 saturated heterocycles. The van der Waals surface area contributed by atoms with E-state index in [0.29, 0.717) is 18.4 Å². The van der Waals surface area contributed by atoms with E-state index in [1.807, 2.05) is 30.3 Å². The summed E-state index contributed by atoms with van der Waals surface area (Å²) in [6.07, 6.45) is 2.07. The number of fused-ring (bicyclic) bond motifs is 1. The summed E-state index contributed by atoms with van der Waals surface area (Å²) in [6, 6.07) is 16.7. The molecule has 1 saturated carbocycles. The Morgan fingerprint density at radius 1 is 0.935 bits per heavy atom. The minimum absolute atomic E-state index is 0.231. The monoisotopic (exact) mass is 483 g/mol. The average molecular weight is 484 g/mol. The molecular formula is C24H22BrNO5. The molecular weight excluding hydrogens is 462 g/mol. The van der Waals surface area contributed by atoms with Gasteiger partial charge in [-0.25, -0.2) is 0 Å². The first kappa shape index (κ1) is 21.4. The Morgan fingerprint density at radius 2 is 1.61 bits per heavy atom. The number of carbonyl (C=O) groups excluding carboxylic acids is 4. The molecule has 2 aromatic carbocycles. The molecule has 0 aromatic heterocycles. The van der Waals surface area contributed by atoms with Crippen LogP contribution in [0.5, 0.6) is 0 Å². The molecule has 0 spiro atoms. The SMILES string of the molecule is O=C(CN1C(=O)C2CCC(c3ccccc3)CC2C1=O)OCC(=O)c1ccc(Br)cc1. The molecule has 31 heavy (non-hydrogen) atoms. The summed E-state index contributed by atoms with van der Waals surface area (Å²) in [5.41, 5.74) is 1.59. The highest BCUT2D eigenvalue weighted by atomic mass is 79.9. The highest BCUT2D eigenvalue weighted by Gasteiger charge is 2.50. The number of benzene rings is 2. The van der Waals surface area contributed by atoms with Crippen LogP contribution in [0, 0.1) is 11.8 Å². The van der Waals surface area contributed by atoms with E-state index < -0.39 is 25.0 Å². The second-order valence-corrected chi connectivity index (χ2v) is 8.90. The number of carbonyl (C=O) groups is 4. The fraction of sp³-hybridized carbons (Fsp3) is 0.333. The standard InChI is InChI=1S/C24H22BrNO5/c25-18-9-6-16(7-10-18)21(27)14-31-22(28)13-26-23(29)19-11-8-17(12-20(19)24(26)30)15-4-2-1-3-5-15/h1-7,9-10,17,19-20H,8,11-14H2. The smallest absolute Gasteiger partial charge is 0.326 e. The van der Waals surface area contributed by atoms with E-state index >= 15 is 0 Å². The average Bonchev–Trinajstić information content (AvgIpc) is 3.03. The van der Waals surface area contributed by atoms with Gasteiger partial charge in [-0.2, -0.15) is 0 Å². The van der Waals surface area contributed by atoms with Gasteiger partial charge in [0, 0.05) is 10.0 Å². The van der Waals surface area contributed by atoms with Crippen LogP contribution in [0.1, 0.15) is 41.1 Å². The van der Waals surface area contributed by atoms with Gasteiger partial charge in [0.25, 0.3) is 0 Å². The van der Waals surface area contributed by atoms with Crippen molar-refractivity contribution in [3.05, 3.63) is 70.2 Å². The molecule has 2 aliphatic rings. The topological polar surface area (TPSA) is 80.8 Å². The van der Waals surface area contributed by atoms with Crippen molar-refractivity contribution >= 4 is 39.5 Å². The lowest BCUT2D eigenvalue weighted by Gasteiger charge is -2.28. The van der Waals surface area contributed by atoms with Crippen molar-refractivity contribution in [1.82, 2.24) is 4.90 Å². The molecule has 1 aliphatic carbocycles. The first-order chi connectivity index (χ1) is 14.9. The van der Waals surface area contributed by atoms with Crippen LogP contribution in [-0.2, 0) is 19.1 Å². The van der Waals surface area contributed by atoms with Gasteiger partial charge in [0.1, 0.15) is 6.54 Å². The van der Waals surface area contributed by atoms with Gasteiger partial charge < -0.3 is 4.74 Å². The van der Waals surface area contributed by atoms with Crippen molar-refractivity contribution in [2.45, 2.75) is 25.2 Å².